The molecule has 3 heteroatoms. The number of carboxylic acid groups (broad SMARTS) is 1. The van der Waals surface area contributed by atoms with Crippen LogP contribution in [0.3, 0.4) is 0 Å². The maximum atomic E-state index is 10.9. The van der Waals surface area contributed by atoms with Gasteiger partial charge in [0.25, 0.3) is 0 Å². The fourth-order valence-corrected chi connectivity index (χ4v) is 3.10. The van der Waals surface area contributed by atoms with Gasteiger partial charge >= 0.3 is 5.97 Å². The molecule has 1 saturated carbocycles. The summed E-state index contributed by atoms with van der Waals surface area (Å²) in [7, 11) is 0. The lowest BCUT2D eigenvalue weighted by atomic mass is 9.92. The Balaban J connectivity index is 1.93. The molecule has 0 aromatic rings. The van der Waals surface area contributed by atoms with E-state index in [1.807, 2.05) is 6.08 Å². The Hall–Kier alpha value is -0.830. The molecule has 2 heterocycles. The van der Waals surface area contributed by atoms with E-state index in [0.717, 1.165) is 6.54 Å². The van der Waals surface area contributed by atoms with Crippen molar-refractivity contribution in [2.75, 3.05) is 6.54 Å². The van der Waals surface area contributed by atoms with Crippen molar-refractivity contribution in [3.63, 3.8) is 0 Å². The Labute approximate surface area is 77.0 Å². The van der Waals surface area contributed by atoms with Gasteiger partial charge < -0.3 is 5.11 Å². The average molecular weight is 179 g/mol. The number of hydrogen-bond donors (Lipinski definition) is 1. The standard InChI is InChI=1S/C10H13NO2/c12-9(13)8-4-3-7-2-1-5-10(7)6-11(8)10/h3-4,7-8H,1-2,5-6H2,(H,12,13)/t7-,8-,10-,11?/m0/s1. The Morgan fingerprint density at radius 3 is 3.15 bits per heavy atom. The number of nitrogens with zero attached hydrogens (tertiary/aromatic N) is 1. The summed E-state index contributed by atoms with van der Waals surface area (Å²) in [6, 6.07) is -0.339. The van der Waals surface area contributed by atoms with E-state index < -0.39 is 5.97 Å². The minimum atomic E-state index is -0.696. The predicted molar refractivity (Wildman–Crippen MR) is 47.3 cm³/mol. The van der Waals surface area contributed by atoms with Gasteiger partial charge in [-0.05, 0) is 18.8 Å². The highest BCUT2D eigenvalue weighted by atomic mass is 16.4. The molecule has 13 heavy (non-hydrogen) atoms. The predicted octanol–water partition coefficient (Wildman–Crippen LogP) is 0.864. The van der Waals surface area contributed by atoms with Crippen LogP contribution in [0.15, 0.2) is 12.2 Å². The summed E-state index contributed by atoms with van der Waals surface area (Å²) in [6.07, 6.45) is 7.71. The van der Waals surface area contributed by atoms with Gasteiger partial charge in [-0.15, -0.1) is 0 Å². The molecular weight excluding hydrogens is 166 g/mol. The fraction of sp³-hybridized carbons (Fsp3) is 0.700. The number of carboxylic acids is 1. The van der Waals surface area contributed by atoms with Crippen LogP contribution in [0, 0.1) is 5.92 Å². The van der Waals surface area contributed by atoms with Gasteiger partial charge in [-0.1, -0.05) is 18.6 Å². The number of aliphatic carboxylic acids is 1. The molecule has 0 amide bonds. The molecule has 4 atom stereocenters. The summed E-state index contributed by atoms with van der Waals surface area (Å²) in [5, 5.41) is 8.96. The summed E-state index contributed by atoms with van der Waals surface area (Å²) in [6.45, 7) is 1.00. The largest absolute Gasteiger partial charge is 0.480 e. The Morgan fingerprint density at radius 2 is 2.38 bits per heavy atom. The minimum absolute atomic E-state index is 0.276. The quantitative estimate of drug-likeness (QED) is 0.479. The van der Waals surface area contributed by atoms with E-state index in [4.69, 9.17) is 5.11 Å². The second-order valence-electron chi connectivity index (χ2n) is 4.40. The van der Waals surface area contributed by atoms with Crippen LogP contribution in [0.1, 0.15) is 19.3 Å². The lowest BCUT2D eigenvalue weighted by molar-refractivity contribution is -0.140. The Kier molecular flexibility index (Phi) is 1.25. The van der Waals surface area contributed by atoms with Crippen LogP contribution in [-0.2, 0) is 4.79 Å². The summed E-state index contributed by atoms with van der Waals surface area (Å²) in [5.41, 5.74) is 0.276. The van der Waals surface area contributed by atoms with Crippen molar-refractivity contribution >= 4 is 5.97 Å². The molecular formula is C10H13NO2. The minimum Gasteiger partial charge on any atom is -0.480 e. The molecule has 1 saturated heterocycles. The molecule has 0 aromatic heterocycles. The summed E-state index contributed by atoms with van der Waals surface area (Å²) in [5.74, 6) is -0.0541. The first-order valence-electron chi connectivity index (χ1n) is 4.92. The second kappa shape index (κ2) is 2.15. The zero-order valence-corrected chi connectivity index (χ0v) is 7.44. The van der Waals surface area contributed by atoms with E-state index in [1.54, 1.807) is 0 Å². The van der Waals surface area contributed by atoms with E-state index >= 15 is 0 Å². The molecule has 1 N–H and O–H groups in total. The first-order valence-corrected chi connectivity index (χ1v) is 4.92. The second-order valence-corrected chi connectivity index (χ2v) is 4.40. The molecule has 1 spiro atoms. The normalized spacial score (nSPS) is 51.2. The van der Waals surface area contributed by atoms with Gasteiger partial charge in [-0.3, -0.25) is 9.69 Å². The molecule has 2 aliphatic heterocycles. The molecule has 3 rings (SSSR count). The molecule has 0 aromatic carbocycles. The Bertz CT molecular complexity index is 299. The average Bonchev–Trinajstić information content (AvgIpc) is 2.66. The zero-order valence-electron chi connectivity index (χ0n) is 7.44. The number of hydrogen-bond acceptors (Lipinski definition) is 2. The van der Waals surface area contributed by atoms with Crippen LogP contribution in [-0.4, -0.2) is 34.1 Å². The highest BCUT2D eigenvalue weighted by Crippen LogP contribution is 2.54. The van der Waals surface area contributed by atoms with Crippen molar-refractivity contribution in [2.24, 2.45) is 5.92 Å². The lowest BCUT2D eigenvalue weighted by Gasteiger charge is -2.24. The van der Waals surface area contributed by atoms with Gasteiger partial charge in [0.1, 0.15) is 6.04 Å². The number of rotatable bonds is 1. The van der Waals surface area contributed by atoms with Crippen LogP contribution in [0.4, 0.5) is 0 Å². The van der Waals surface area contributed by atoms with Crippen LogP contribution >= 0.6 is 0 Å². The third kappa shape index (κ3) is 0.804. The highest BCUT2D eigenvalue weighted by Gasteiger charge is 2.63. The van der Waals surface area contributed by atoms with Gasteiger partial charge in [-0.2, -0.15) is 0 Å². The number of carbonyl (C=O) groups is 1. The monoisotopic (exact) mass is 179 g/mol. The van der Waals surface area contributed by atoms with Gasteiger partial charge in [0.05, 0.1) is 0 Å². The maximum absolute atomic E-state index is 10.9. The van der Waals surface area contributed by atoms with Crippen molar-refractivity contribution in [2.45, 2.75) is 30.8 Å². The van der Waals surface area contributed by atoms with Gasteiger partial charge in [0.2, 0.25) is 0 Å². The van der Waals surface area contributed by atoms with E-state index in [0.29, 0.717) is 5.92 Å². The first-order chi connectivity index (χ1) is 6.24. The maximum Gasteiger partial charge on any atom is 0.324 e. The zero-order chi connectivity index (χ0) is 9.05. The molecule has 0 bridgehead atoms. The SMILES string of the molecule is O=C(O)[C@@H]1C=C[C@@H]2CCC[C@]23CN13. The fourth-order valence-electron chi connectivity index (χ4n) is 3.10. The molecule has 1 aliphatic carbocycles. The van der Waals surface area contributed by atoms with Gasteiger partial charge in [0, 0.05) is 12.1 Å². The van der Waals surface area contributed by atoms with Gasteiger partial charge in [0.15, 0.2) is 0 Å². The molecule has 0 radical (unpaired) electrons. The first kappa shape index (κ1) is 7.56. The van der Waals surface area contributed by atoms with Crippen molar-refractivity contribution in [1.29, 1.82) is 0 Å². The van der Waals surface area contributed by atoms with E-state index in [1.165, 1.54) is 19.3 Å². The molecule has 1 unspecified atom stereocenters. The highest BCUT2D eigenvalue weighted by molar-refractivity contribution is 5.77. The third-order valence-corrected chi connectivity index (χ3v) is 3.84. The van der Waals surface area contributed by atoms with Crippen molar-refractivity contribution in [3.05, 3.63) is 12.2 Å². The van der Waals surface area contributed by atoms with Crippen molar-refractivity contribution in [3.8, 4) is 0 Å². The molecule has 70 valence electrons. The van der Waals surface area contributed by atoms with E-state index in [2.05, 4.69) is 11.0 Å². The van der Waals surface area contributed by atoms with Gasteiger partial charge in [-0.25, -0.2) is 0 Å². The Morgan fingerprint density at radius 1 is 1.54 bits per heavy atom. The molecule has 3 aliphatic rings. The summed E-state index contributed by atoms with van der Waals surface area (Å²) < 4.78 is 0. The van der Waals surface area contributed by atoms with E-state index in [-0.39, 0.29) is 11.6 Å². The smallest absolute Gasteiger partial charge is 0.324 e. The van der Waals surface area contributed by atoms with Crippen molar-refractivity contribution in [1.82, 2.24) is 4.90 Å². The van der Waals surface area contributed by atoms with Crippen LogP contribution in [0.25, 0.3) is 0 Å². The third-order valence-electron chi connectivity index (χ3n) is 3.84. The van der Waals surface area contributed by atoms with Crippen LogP contribution in [0.5, 0.6) is 0 Å². The molecule has 3 nitrogen and oxygen atoms in total. The van der Waals surface area contributed by atoms with Crippen LogP contribution < -0.4 is 0 Å². The summed E-state index contributed by atoms with van der Waals surface area (Å²) >= 11 is 0. The summed E-state index contributed by atoms with van der Waals surface area (Å²) in [4.78, 5) is 13.0. The lowest BCUT2D eigenvalue weighted by Crippen LogP contribution is -2.37. The van der Waals surface area contributed by atoms with Crippen molar-refractivity contribution < 1.29 is 9.90 Å². The molecule has 2 fully saturated rings. The topological polar surface area (TPSA) is 40.3 Å². The van der Waals surface area contributed by atoms with E-state index in [9.17, 15) is 4.79 Å². The van der Waals surface area contributed by atoms with Crippen LogP contribution in [0.2, 0.25) is 0 Å².